The fourth-order valence-corrected chi connectivity index (χ4v) is 5.33. The zero-order valence-electron chi connectivity index (χ0n) is 20.4. The molecule has 3 aromatic rings. The smallest absolute Gasteiger partial charge is 0.327 e. The number of methoxy groups -OCH3 is 1. The number of nitrogens with one attached hydrogen (secondary N) is 1. The van der Waals surface area contributed by atoms with Gasteiger partial charge in [-0.1, -0.05) is 42.5 Å². The number of fused-ring (bicyclic) bond motifs is 1. The first-order valence-electron chi connectivity index (χ1n) is 12.4. The summed E-state index contributed by atoms with van der Waals surface area (Å²) in [5.41, 5.74) is 3.13. The number of rotatable bonds is 5. The number of aromatic nitrogens is 1. The molecule has 0 spiro atoms. The van der Waals surface area contributed by atoms with Crippen LogP contribution in [0.15, 0.2) is 72.9 Å². The molecule has 3 unspecified atom stereocenters. The van der Waals surface area contributed by atoms with E-state index in [9.17, 15) is 14.4 Å². The van der Waals surface area contributed by atoms with Crippen LogP contribution in [0.4, 0.5) is 15.3 Å². The lowest BCUT2D eigenvalue weighted by Crippen LogP contribution is -2.55. The van der Waals surface area contributed by atoms with Gasteiger partial charge in [0.25, 0.3) is 5.91 Å². The van der Waals surface area contributed by atoms with Gasteiger partial charge >= 0.3 is 12.1 Å². The number of carbonyl (C=O) groups excluding carboxylic acids is 3. The zero-order chi connectivity index (χ0) is 25.5. The van der Waals surface area contributed by atoms with Gasteiger partial charge in [0.05, 0.1) is 25.0 Å². The summed E-state index contributed by atoms with van der Waals surface area (Å²) in [6.45, 7) is 0.818. The lowest BCUT2D eigenvalue weighted by molar-refractivity contribution is -0.129. The summed E-state index contributed by atoms with van der Waals surface area (Å²) in [7, 11) is 1.60. The van der Waals surface area contributed by atoms with Gasteiger partial charge in [-0.2, -0.15) is 0 Å². The lowest BCUT2D eigenvalue weighted by atomic mass is 10.1. The van der Waals surface area contributed by atoms with Crippen LogP contribution in [0, 0.1) is 0 Å². The second kappa shape index (κ2) is 9.24. The van der Waals surface area contributed by atoms with E-state index in [4.69, 9.17) is 4.74 Å². The van der Waals surface area contributed by atoms with Gasteiger partial charge in [0.15, 0.2) is 0 Å². The molecule has 3 fully saturated rings. The maximum Gasteiger partial charge on any atom is 0.327 e. The zero-order valence-corrected chi connectivity index (χ0v) is 20.4. The van der Waals surface area contributed by atoms with Crippen LogP contribution in [0.1, 0.15) is 17.9 Å². The van der Waals surface area contributed by atoms with Gasteiger partial charge in [-0.15, -0.1) is 0 Å². The van der Waals surface area contributed by atoms with E-state index in [1.165, 1.54) is 4.90 Å². The number of piperazine rings is 1. The van der Waals surface area contributed by atoms with E-state index in [1.54, 1.807) is 35.2 Å². The third-order valence-corrected chi connectivity index (χ3v) is 7.35. The summed E-state index contributed by atoms with van der Waals surface area (Å²) in [5, 5.41) is 2.95. The number of anilines is 1. The van der Waals surface area contributed by atoms with Crippen LogP contribution in [0.3, 0.4) is 0 Å². The molecule has 9 heteroatoms. The highest BCUT2D eigenvalue weighted by molar-refractivity contribution is 6.06. The first kappa shape index (κ1) is 23.0. The molecule has 1 aromatic heterocycles. The lowest BCUT2D eigenvalue weighted by Gasteiger charge is -2.35. The summed E-state index contributed by atoms with van der Waals surface area (Å²) in [6, 6.07) is 19.6. The Morgan fingerprint density at radius 2 is 1.86 bits per heavy atom. The van der Waals surface area contributed by atoms with E-state index < -0.39 is 6.04 Å². The number of amides is 5. The van der Waals surface area contributed by atoms with Gasteiger partial charge in [-0.25, -0.2) is 9.59 Å². The predicted molar refractivity (Wildman–Crippen MR) is 137 cm³/mol. The third kappa shape index (κ3) is 4.16. The van der Waals surface area contributed by atoms with Crippen molar-refractivity contribution in [3.8, 4) is 17.0 Å². The van der Waals surface area contributed by atoms with Gasteiger partial charge in [-0.3, -0.25) is 14.7 Å². The third-order valence-electron chi connectivity index (χ3n) is 7.35. The molecular weight excluding hydrogens is 470 g/mol. The summed E-state index contributed by atoms with van der Waals surface area (Å²) in [5.74, 6) is 0.649. The summed E-state index contributed by atoms with van der Waals surface area (Å²) >= 11 is 0. The topological polar surface area (TPSA) is 95.1 Å². The molecule has 0 radical (unpaired) electrons. The molecule has 3 aliphatic rings. The van der Waals surface area contributed by atoms with Crippen molar-refractivity contribution in [2.45, 2.75) is 24.4 Å². The van der Waals surface area contributed by atoms with Crippen LogP contribution in [-0.2, 0) is 4.79 Å². The molecule has 9 nitrogen and oxygen atoms in total. The monoisotopic (exact) mass is 497 g/mol. The molecule has 0 bridgehead atoms. The van der Waals surface area contributed by atoms with Crippen LogP contribution in [-0.4, -0.2) is 76.5 Å². The van der Waals surface area contributed by atoms with E-state index >= 15 is 0 Å². The molecule has 188 valence electrons. The van der Waals surface area contributed by atoms with Crippen LogP contribution < -0.4 is 10.1 Å². The van der Waals surface area contributed by atoms with Crippen molar-refractivity contribution in [3.63, 3.8) is 0 Å². The van der Waals surface area contributed by atoms with E-state index in [0.717, 1.165) is 17.5 Å². The maximum atomic E-state index is 13.3. The van der Waals surface area contributed by atoms with Gasteiger partial charge < -0.3 is 19.9 Å². The largest absolute Gasteiger partial charge is 0.497 e. The Morgan fingerprint density at radius 3 is 2.68 bits per heavy atom. The fourth-order valence-electron chi connectivity index (χ4n) is 5.33. The highest BCUT2D eigenvalue weighted by Crippen LogP contribution is 2.46. The second-order valence-electron chi connectivity index (χ2n) is 9.53. The summed E-state index contributed by atoms with van der Waals surface area (Å²) in [4.78, 5) is 48.8. The van der Waals surface area contributed by atoms with Crippen LogP contribution in [0.2, 0.25) is 0 Å². The van der Waals surface area contributed by atoms with E-state index in [1.807, 2.05) is 54.6 Å². The van der Waals surface area contributed by atoms with Gasteiger partial charge in [0.2, 0.25) is 0 Å². The number of nitrogens with zero attached hydrogens (tertiary/aromatic N) is 4. The predicted octanol–water partition coefficient (Wildman–Crippen LogP) is 3.79. The van der Waals surface area contributed by atoms with E-state index in [0.29, 0.717) is 30.2 Å². The average Bonchev–Trinajstić information content (AvgIpc) is 3.69. The number of carbonyl (C=O) groups is 3. The van der Waals surface area contributed by atoms with Gasteiger partial charge in [0.1, 0.15) is 11.8 Å². The van der Waals surface area contributed by atoms with Gasteiger partial charge in [-0.05, 0) is 36.2 Å². The molecule has 37 heavy (non-hydrogen) atoms. The van der Waals surface area contributed by atoms with Crippen molar-refractivity contribution in [3.05, 3.63) is 78.5 Å². The van der Waals surface area contributed by atoms with Crippen molar-refractivity contribution in [1.29, 1.82) is 0 Å². The Bertz CT molecular complexity index is 1360. The fraction of sp³-hybridized carbons (Fsp3) is 0.286. The minimum absolute atomic E-state index is 0.115. The van der Waals surface area contributed by atoms with E-state index in [2.05, 4.69) is 10.3 Å². The highest BCUT2D eigenvalue weighted by atomic mass is 16.5. The minimum atomic E-state index is -0.657. The standard InChI is InChI=1S/C28H27N5O4/c1-37-20-10-5-9-19(15-20)25-22(11-6-12-29-25)30-27(35)31-13-14-32-24(17-31)26(34)33(28(32)36)23-16-21(23)18-7-3-2-4-8-18/h2-12,15,21,23-24H,13-14,16-17H2,1H3,(H,30,35). The Morgan fingerprint density at radius 1 is 1.03 bits per heavy atom. The quantitative estimate of drug-likeness (QED) is 0.541. The Kier molecular flexibility index (Phi) is 5.75. The first-order chi connectivity index (χ1) is 18.0. The Hall–Kier alpha value is -4.40. The molecule has 2 aromatic carbocycles. The summed E-state index contributed by atoms with van der Waals surface area (Å²) < 4.78 is 5.32. The summed E-state index contributed by atoms with van der Waals surface area (Å²) in [6.07, 6.45) is 2.45. The van der Waals surface area contributed by atoms with Crippen LogP contribution >= 0.6 is 0 Å². The molecular formula is C28H27N5O4. The molecule has 3 atom stereocenters. The van der Waals surface area contributed by atoms with E-state index in [-0.39, 0.29) is 36.5 Å². The van der Waals surface area contributed by atoms with Crippen molar-refractivity contribution >= 4 is 23.7 Å². The number of benzene rings is 2. The van der Waals surface area contributed by atoms with Crippen molar-refractivity contribution < 1.29 is 19.1 Å². The molecule has 5 amide bonds. The molecule has 2 aliphatic heterocycles. The first-order valence-corrected chi connectivity index (χ1v) is 12.4. The number of ether oxygens (including phenoxy) is 1. The molecule has 1 saturated carbocycles. The number of hydrogen-bond donors (Lipinski definition) is 1. The number of pyridine rings is 1. The van der Waals surface area contributed by atoms with Crippen LogP contribution in [0.5, 0.6) is 5.75 Å². The highest BCUT2D eigenvalue weighted by Gasteiger charge is 2.56. The van der Waals surface area contributed by atoms with Gasteiger partial charge in [0, 0.05) is 36.8 Å². The van der Waals surface area contributed by atoms with Crippen molar-refractivity contribution in [2.24, 2.45) is 0 Å². The molecule has 1 aliphatic carbocycles. The molecule has 1 N–H and O–H groups in total. The average molecular weight is 498 g/mol. The number of urea groups is 2. The van der Waals surface area contributed by atoms with Crippen molar-refractivity contribution in [2.75, 3.05) is 32.1 Å². The minimum Gasteiger partial charge on any atom is -0.497 e. The second-order valence-corrected chi connectivity index (χ2v) is 9.53. The SMILES string of the molecule is COc1cccc(-c2ncccc2NC(=O)N2CCN3C(=O)N(C4CC4c4ccccc4)C(=O)C3C2)c1. The van der Waals surface area contributed by atoms with Crippen LogP contribution in [0.25, 0.3) is 11.3 Å². The number of imide groups is 1. The molecule has 2 saturated heterocycles. The Labute approximate surface area is 214 Å². The normalized spacial score (nSPS) is 22.6. The maximum absolute atomic E-state index is 13.3. The Balaban J connectivity index is 1.15. The number of hydrogen-bond acceptors (Lipinski definition) is 5. The molecule has 3 heterocycles. The molecule has 6 rings (SSSR count). The van der Waals surface area contributed by atoms with Crippen molar-refractivity contribution in [1.82, 2.24) is 19.7 Å².